The van der Waals surface area contributed by atoms with E-state index in [9.17, 15) is 4.79 Å². The van der Waals surface area contributed by atoms with Crippen molar-refractivity contribution < 1.29 is 4.79 Å². The number of amides is 1. The largest absolute Gasteiger partial charge is 0.337 e. The van der Waals surface area contributed by atoms with E-state index in [4.69, 9.17) is 0 Å². The summed E-state index contributed by atoms with van der Waals surface area (Å²) in [6.07, 6.45) is 2.86. The van der Waals surface area contributed by atoms with Gasteiger partial charge < -0.3 is 4.90 Å². The fraction of sp³-hybridized carbons (Fsp3) is 0.333. The Morgan fingerprint density at radius 2 is 2.17 bits per heavy atom. The molecule has 1 aliphatic heterocycles. The number of benzene rings is 1. The van der Waals surface area contributed by atoms with Crippen LogP contribution in [0, 0.1) is 0 Å². The maximum atomic E-state index is 12.5. The first-order chi connectivity index (χ1) is 11.8. The highest BCUT2D eigenvalue weighted by molar-refractivity contribution is 7.08. The van der Waals surface area contributed by atoms with E-state index in [1.54, 1.807) is 11.3 Å². The second-order valence-corrected chi connectivity index (χ2v) is 7.01. The molecule has 4 rings (SSSR count). The zero-order valence-corrected chi connectivity index (χ0v) is 14.3. The second-order valence-electron chi connectivity index (χ2n) is 6.23. The van der Waals surface area contributed by atoms with Crippen LogP contribution in [-0.2, 0) is 6.54 Å². The van der Waals surface area contributed by atoms with Crippen LogP contribution in [0.5, 0.6) is 0 Å². The topological polar surface area (TPSA) is 52.2 Å². The van der Waals surface area contributed by atoms with Gasteiger partial charge >= 0.3 is 0 Å². The van der Waals surface area contributed by atoms with E-state index in [0.717, 1.165) is 55.6 Å². The molecule has 1 fully saturated rings. The number of hydrogen-bond donors (Lipinski definition) is 1. The standard InChI is InChI=1S/C18H20N4OS/c23-18(16-4-9-24-13-16)22-6-1-5-21(7-8-22)12-14-2-3-15-11-19-20-17(15)10-14/h2-4,9-11,13H,1,5-8,12H2,(H,19,20). The van der Waals surface area contributed by atoms with Gasteiger partial charge in [0.05, 0.1) is 17.3 Å². The first kappa shape index (κ1) is 15.4. The van der Waals surface area contributed by atoms with Crippen molar-refractivity contribution in [2.24, 2.45) is 0 Å². The molecular weight excluding hydrogens is 320 g/mol. The minimum absolute atomic E-state index is 0.164. The Bertz CT molecular complexity index is 827. The predicted molar refractivity (Wildman–Crippen MR) is 96.2 cm³/mol. The molecule has 1 aromatic carbocycles. The number of H-pyrrole nitrogens is 1. The molecule has 0 saturated carbocycles. The van der Waals surface area contributed by atoms with Crippen LogP contribution in [0.1, 0.15) is 22.3 Å². The molecule has 0 bridgehead atoms. The summed E-state index contributed by atoms with van der Waals surface area (Å²) < 4.78 is 0. The van der Waals surface area contributed by atoms with Crippen molar-refractivity contribution in [1.29, 1.82) is 0 Å². The average molecular weight is 340 g/mol. The molecule has 1 saturated heterocycles. The Kier molecular flexibility index (Phi) is 4.32. The second kappa shape index (κ2) is 6.75. The average Bonchev–Trinajstić information content (AvgIpc) is 3.23. The highest BCUT2D eigenvalue weighted by atomic mass is 32.1. The zero-order chi connectivity index (χ0) is 16.4. The molecule has 0 radical (unpaired) electrons. The van der Waals surface area contributed by atoms with Crippen LogP contribution in [0.4, 0.5) is 0 Å². The third-order valence-corrected chi connectivity index (χ3v) is 5.24. The Morgan fingerprint density at radius 3 is 3.04 bits per heavy atom. The summed E-state index contributed by atoms with van der Waals surface area (Å²) in [5, 5.41) is 12.1. The molecule has 1 aliphatic rings. The lowest BCUT2D eigenvalue weighted by Gasteiger charge is -2.22. The SMILES string of the molecule is O=C(c1ccsc1)N1CCCN(Cc2ccc3cn[nH]c3c2)CC1. The molecule has 124 valence electrons. The number of fused-ring (bicyclic) bond motifs is 1. The molecule has 3 heterocycles. The maximum Gasteiger partial charge on any atom is 0.254 e. The van der Waals surface area contributed by atoms with Crippen molar-refractivity contribution in [2.75, 3.05) is 26.2 Å². The lowest BCUT2D eigenvalue weighted by atomic mass is 10.1. The van der Waals surface area contributed by atoms with E-state index in [0.29, 0.717) is 0 Å². The van der Waals surface area contributed by atoms with Crippen LogP contribution in [0.2, 0.25) is 0 Å². The van der Waals surface area contributed by atoms with Gasteiger partial charge in [-0.15, -0.1) is 0 Å². The number of carbonyl (C=O) groups is 1. The third kappa shape index (κ3) is 3.20. The minimum atomic E-state index is 0.164. The van der Waals surface area contributed by atoms with E-state index < -0.39 is 0 Å². The molecule has 0 spiro atoms. The summed E-state index contributed by atoms with van der Waals surface area (Å²) in [7, 11) is 0. The molecule has 5 nitrogen and oxygen atoms in total. The monoisotopic (exact) mass is 340 g/mol. The quantitative estimate of drug-likeness (QED) is 0.797. The van der Waals surface area contributed by atoms with E-state index in [2.05, 4.69) is 33.3 Å². The van der Waals surface area contributed by atoms with Crippen molar-refractivity contribution in [3.05, 3.63) is 52.3 Å². The Hall–Kier alpha value is -2.18. The summed E-state index contributed by atoms with van der Waals surface area (Å²) in [6, 6.07) is 8.35. The molecule has 2 aromatic heterocycles. The van der Waals surface area contributed by atoms with Crippen LogP contribution in [-0.4, -0.2) is 52.1 Å². The first-order valence-electron chi connectivity index (χ1n) is 8.25. The normalized spacial score (nSPS) is 16.4. The van der Waals surface area contributed by atoms with Gasteiger partial charge in [-0.3, -0.25) is 14.8 Å². The third-order valence-electron chi connectivity index (χ3n) is 4.56. The first-order valence-corrected chi connectivity index (χ1v) is 9.20. The summed E-state index contributed by atoms with van der Waals surface area (Å²) in [5.41, 5.74) is 3.18. The van der Waals surface area contributed by atoms with Crippen LogP contribution >= 0.6 is 11.3 Å². The van der Waals surface area contributed by atoms with Crippen LogP contribution < -0.4 is 0 Å². The van der Waals surface area contributed by atoms with Crippen molar-refractivity contribution in [2.45, 2.75) is 13.0 Å². The number of hydrogen-bond acceptors (Lipinski definition) is 4. The van der Waals surface area contributed by atoms with Gasteiger partial charge in [0.1, 0.15) is 0 Å². The van der Waals surface area contributed by atoms with Crippen LogP contribution in [0.3, 0.4) is 0 Å². The van der Waals surface area contributed by atoms with Gasteiger partial charge in [-0.05, 0) is 29.5 Å². The summed E-state index contributed by atoms with van der Waals surface area (Å²) >= 11 is 1.58. The van der Waals surface area contributed by atoms with Crippen LogP contribution in [0.25, 0.3) is 10.9 Å². The Morgan fingerprint density at radius 1 is 1.21 bits per heavy atom. The summed E-state index contributed by atoms with van der Waals surface area (Å²) in [6.45, 7) is 4.48. The van der Waals surface area contributed by atoms with Crippen molar-refractivity contribution in [3.63, 3.8) is 0 Å². The number of aromatic nitrogens is 2. The number of thiophene rings is 1. The molecule has 1 amide bonds. The molecule has 1 N–H and O–H groups in total. The van der Waals surface area contributed by atoms with Gasteiger partial charge in [-0.1, -0.05) is 12.1 Å². The summed E-state index contributed by atoms with van der Waals surface area (Å²) in [5.74, 6) is 0.164. The number of nitrogens with one attached hydrogen (secondary N) is 1. The molecular formula is C18H20N4OS. The van der Waals surface area contributed by atoms with Gasteiger partial charge in [-0.25, -0.2) is 0 Å². The fourth-order valence-corrected chi connectivity index (χ4v) is 3.87. The summed E-state index contributed by atoms with van der Waals surface area (Å²) in [4.78, 5) is 16.9. The smallest absolute Gasteiger partial charge is 0.254 e. The Balaban J connectivity index is 1.40. The van der Waals surface area contributed by atoms with Gasteiger partial charge in [-0.2, -0.15) is 16.4 Å². The lowest BCUT2D eigenvalue weighted by molar-refractivity contribution is 0.0761. The number of nitrogens with zero attached hydrogens (tertiary/aromatic N) is 3. The number of aromatic amines is 1. The minimum Gasteiger partial charge on any atom is -0.337 e. The molecule has 0 atom stereocenters. The van der Waals surface area contributed by atoms with Gasteiger partial charge in [0, 0.05) is 43.5 Å². The van der Waals surface area contributed by atoms with Gasteiger partial charge in [0.15, 0.2) is 0 Å². The zero-order valence-electron chi connectivity index (χ0n) is 13.4. The highest BCUT2D eigenvalue weighted by Crippen LogP contribution is 2.16. The Labute approximate surface area is 144 Å². The molecule has 3 aromatic rings. The molecule has 6 heteroatoms. The highest BCUT2D eigenvalue weighted by Gasteiger charge is 2.20. The van der Waals surface area contributed by atoms with Gasteiger partial charge in [0.25, 0.3) is 5.91 Å². The molecule has 0 unspecified atom stereocenters. The maximum absolute atomic E-state index is 12.5. The lowest BCUT2D eigenvalue weighted by Crippen LogP contribution is -2.34. The van der Waals surface area contributed by atoms with Crippen molar-refractivity contribution in [1.82, 2.24) is 20.0 Å². The van der Waals surface area contributed by atoms with E-state index in [1.165, 1.54) is 5.56 Å². The van der Waals surface area contributed by atoms with Crippen molar-refractivity contribution in [3.8, 4) is 0 Å². The van der Waals surface area contributed by atoms with E-state index in [-0.39, 0.29) is 5.91 Å². The molecule has 0 aliphatic carbocycles. The van der Waals surface area contributed by atoms with Gasteiger partial charge in [0.2, 0.25) is 0 Å². The predicted octanol–water partition coefficient (Wildman–Crippen LogP) is 2.97. The fourth-order valence-electron chi connectivity index (χ4n) is 3.24. The van der Waals surface area contributed by atoms with Crippen molar-refractivity contribution >= 4 is 28.1 Å². The van der Waals surface area contributed by atoms with E-state index in [1.807, 2.05) is 27.9 Å². The van der Waals surface area contributed by atoms with Crippen LogP contribution in [0.15, 0.2) is 41.2 Å². The van der Waals surface area contributed by atoms with E-state index >= 15 is 0 Å². The number of rotatable bonds is 3. The number of carbonyl (C=O) groups excluding carboxylic acids is 1. The molecule has 24 heavy (non-hydrogen) atoms.